The molecule has 1 aromatic carbocycles. The van der Waals surface area contributed by atoms with E-state index >= 15 is 0 Å². The number of hydrogen-bond acceptors (Lipinski definition) is 5. The summed E-state index contributed by atoms with van der Waals surface area (Å²) in [6.45, 7) is 2.96. The Morgan fingerprint density at radius 2 is 1.92 bits per heavy atom. The van der Waals surface area contributed by atoms with Gasteiger partial charge in [0, 0.05) is 13.8 Å². The fourth-order valence-corrected chi connectivity index (χ4v) is 2.33. The fraction of sp³-hybridized carbons (Fsp3) is 0.467. The van der Waals surface area contributed by atoms with E-state index < -0.39 is 41.9 Å². The van der Waals surface area contributed by atoms with E-state index in [9.17, 15) is 27.9 Å². The van der Waals surface area contributed by atoms with Crippen molar-refractivity contribution in [1.82, 2.24) is 0 Å². The van der Waals surface area contributed by atoms with Gasteiger partial charge < -0.3 is 19.3 Å². The maximum absolute atomic E-state index is 12.1. The smallest absolute Gasteiger partial charge is 0.481 e. The Kier molecular flexibility index (Phi) is 4.75. The van der Waals surface area contributed by atoms with E-state index in [0.717, 1.165) is 12.1 Å². The Balaban J connectivity index is 2.11. The van der Waals surface area contributed by atoms with E-state index in [-0.39, 0.29) is 6.42 Å². The maximum Gasteiger partial charge on any atom is 0.573 e. The lowest BCUT2D eigenvalue weighted by molar-refractivity contribution is -0.274. The minimum Gasteiger partial charge on any atom is -0.481 e. The quantitative estimate of drug-likeness (QED) is 0.824. The minimum absolute atomic E-state index is 0.114. The van der Waals surface area contributed by atoms with Crippen LogP contribution in [0, 0.1) is 5.92 Å². The van der Waals surface area contributed by atoms with Gasteiger partial charge in [0.15, 0.2) is 6.10 Å². The molecule has 24 heavy (non-hydrogen) atoms. The second kappa shape index (κ2) is 6.31. The monoisotopic (exact) mass is 348 g/mol. The number of carbonyl (C=O) groups excluding carboxylic acids is 1. The molecule has 0 spiro atoms. The van der Waals surface area contributed by atoms with Crippen LogP contribution in [0.4, 0.5) is 13.2 Å². The number of rotatable bonds is 5. The molecule has 1 aromatic rings. The van der Waals surface area contributed by atoms with Crippen molar-refractivity contribution in [3.05, 3.63) is 29.8 Å². The number of cyclic esters (lactones) is 1. The largest absolute Gasteiger partial charge is 0.573 e. The molecule has 2 atom stereocenters. The zero-order valence-corrected chi connectivity index (χ0v) is 12.8. The van der Waals surface area contributed by atoms with Crippen LogP contribution in [0.1, 0.15) is 19.4 Å². The highest BCUT2D eigenvalue weighted by atomic mass is 19.4. The number of hydrogen-bond donors (Lipinski definition) is 1. The molecule has 2 rings (SSSR count). The highest BCUT2D eigenvalue weighted by Crippen LogP contribution is 2.30. The van der Waals surface area contributed by atoms with Crippen LogP contribution in [0.2, 0.25) is 0 Å². The van der Waals surface area contributed by atoms with Gasteiger partial charge in [0.2, 0.25) is 5.79 Å². The van der Waals surface area contributed by atoms with Gasteiger partial charge in [0.25, 0.3) is 0 Å². The van der Waals surface area contributed by atoms with E-state index in [1.54, 1.807) is 0 Å². The van der Waals surface area contributed by atoms with E-state index in [4.69, 9.17) is 9.47 Å². The van der Waals surface area contributed by atoms with Gasteiger partial charge in [-0.3, -0.25) is 4.79 Å². The van der Waals surface area contributed by atoms with Crippen molar-refractivity contribution < 1.29 is 42.1 Å². The molecule has 1 fully saturated rings. The molecule has 1 aliphatic heterocycles. The van der Waals surface area contributed by atoms with Gasteiger partial charge in [-0.15, -0.1) is 13.2 Å². The van der Waals surface area contributed by atoms with Gasteiger partial charge in [-0.2, -0.15) is 0 Å². The first-order chi connectivity index (χ1) is 11.0. The molecular formula is C15H15F3O6. The SMILES string of the molecule is CC1(C)OC(=O)C(C(Cc2ccc(OC(F)(F)F)cc2)C(=O)O)O1. The molecule has 6 nitrogen and oxygen atoms in total. The lowest BCUT2D eigenvalue weighted by Gasteiger charge is -2.19. The topological polar surface area (TPSA) is 82.1 Å². The van der Waals surface area contributed by atoms with Crippen molar-refractivity contribution in [3.63, 3.8) is 0 Å². The molecule has 0 bridgehead atoms. The first-order valence-corrected chi connectivity index (χ1v) is 6.95. The zero-order chi connectivity index (χ0) is 18.1. The number of ether oxygens (including phenoxy) is 3. The number of carboxylic acids is 1. The first kappa shape index (κ1) is 18.1. The third kappa shape index (κ3) is 4.60. The molecule has 132 valence electrons. The Morgan fingerprint density at radius 1 is 1.33 bits per heavy atom. The Bertz CT molecular complexity index is 623. The molecule has 1 heterocycles. The lowest BCUT2D eigenvalue weighted by Crippen LogP contribution is -2.35. The summed E-state index contributed by atoms with van der Waals surface area (Å²) in [4.78, 5) is 23.2. The number of carboxylic acid groups (broad SMARTS) is 1. The van der Waals surface area contributed by atoms with E-state index in [1.807, 2.05) is 0 Å². The molecule has 1 N–H and O–H groups in total. The van der Waals surface area contributed by atoms with Crippen LogP contribution in [-0.4, -0.2) is 35.3 Å². The number of carbonyl (C=O) groups is 2. The number of halogens is 3. The van der Waals surface area contributed by atoms with Gasteiger partial charge in [0.1, 0.15) is 5.75 Å². The van der Waals surface area contributed by atoms with Crippen LogP contribution in [0.15, 0.2) is 24.3 Å². The Labute approximate surface area is 135 Å². The molecule has 0 saturated carbocycles. The van der Waals surface area contributed by atoms with E-state index in [2.05, 4.69) is 4.74 Å². The molecule has 1 saturated heterocycles. The van der Waals surface area contributed by atoms with Crippen molar-refractivity contribution in [2.75, 3.05) is 0 Å². The van der Waals surface area contributed by atoms with Crippen LogP contribution in [-0.2, 0) is 25.5 Å². The van der Waals surface area contributed by atoms with Crippen molar-refractivity contribution in [2.24, 2.45) is 5.92 Å². The van der Waals surface area contributed by atoms with Crippen molar-refractivity contribution in [2.45, 2.75) is 38.5 Å². The second-order valence-electron chi connectivity index (χ2n) is 5.70. The average Bonchev–Trinajstić information content (AvgIpc) is 2.69. The molecule has 9 heteroatoms. The van der Waals surface area contributed by atoms with Gasteiger partial charge in [-0.25, -0.2) is 4.79 Å². The molecule has 1 aliphatic rings. The third-order valence-electron chi connectivity index (χ3n) is 3.28. The van der Waals surface area contributed by atoms with Gasteiger partial charge in [0.05, 0.1) is 5.92 Å². The number of esters is 1. The number of aliphatic carboxylic acids is 1. The normalized spacial score (nSPS) is 21.2. The van der Waals surface area contributed by atoms with Gasteiger partial charge >= 0.3 is 18.3 Å². The van der Waals surface area contributed by atoms with E-state index in [1.165, 1.54) is 26.0 Å². The second-order valence-corrected chi connectivity index (χ2v) is 5.70. The Hall–Kier alpha value is -2.29. The Morgan fingerprint density at radius 3 is 2.33 bits per heavy atom. The summed E-state index contributed by atoms with van der Waals surface area (Å²) in [6.07, 6.45) is -6.21. The maximum atomic E-state index is 12.1. The summed E-state index contributed by atoms with van der Waals surface area (Å²) in [7, 11) is 0. The summed E-state index contributed by atoms with van der Waals surface area (Å²) < 4.78 is 50.3. The standard InChI is InChI=1S/C15H15F3O6/c1-14(2)23-11(13(21)24-14)10(12(19)20)7-8-3-5-9(6-4-8)22-15(16,17)18/h3-6,10-11H,7H2,1-2H3,(H,19,20). The van der Waals surface area contributed by atoms with E-state index in [0.29, 0.717) is 5.56 Å². The molecule has 0 aliphatic carbocycles. The fourth-order valence-electron chi connectivity index (χ4n) is 2.33. The predicted octanol–water partition coefficient (Wildman–Crippen LogP) is 2.51. The first-order valence-electron chi connectivity index (χ1n) is 6.95. The summed E-state index contributed by atoms with van der Waals surface area (Å²) in [5.41, 5.74) is 0.415. The van der Waals surface area contributed by atoms with Crippen LogP contribution >= 0.6 is 0 Å². The summed E-state index contributed by atoms with van der Waals surface area (Å²) >= 11 is 0. The molecular weight excluding hydrogens is 333 g/mol. The van der Waals surface area contributed by atoms with Gasteiger partial charge in [-0.05, 0) is 24.1 Å². The zero-order valence-electron chi connectivity index (χ0n) is 12.8. The number of benzene rings is 1. The molecule has 0 amide bonds. The van der Waals surface area contributed by atoms with Gasteiger partial charge in [-0.1, -0.05) is 12.1 Å². The van der Waals surface area contributed by atoms with Crippen LogP contribution in [0.3, 0.4) is 0 Å². The molecule has 2 unspecified atom stereocenters. The lowest BCUT2D eigenvalue weighted by atomic mass is 9.94. The van der Waals surface area contributed by atoms with Crippen LogP contribution in [0.25, 0.3) is 0 Å². The van der Waals surface area contributed by atoms with Crippen molar-refractivity contribution in [3.8, 4) is 5.75 Å². The summed E-state index contributed by atoms with van der Waals surface area (Å²) in [6, 6.07) is 4.73. The third-order valence-corrected chi connectivity index (χ3v) is 3.28. The highest BCUT2D eigenvalue weighted by Gasteiger charge is 2.47. The molecule has 0 radical (unpaired) electrons. The average molecular weight is 348 g/mol. The molecule has 0 aromatic heterocycles. The van der Waals surface area contributed by atoms with Crippen molar-refractivity contribution in [1.29, 1.82) is 0 Å². The summed E-state index contributed by atoms with van der Waals surface area (Å²) in [5, 5.41) is 9.33. The predicted molar refractivity (Wildman–Crippen MR) is 73.0 cm³/mol. The number of alkyl halides is 3. The van der Waals surface area contributed by atoms with Crippen LogP contribution < -0.4 is 4.74 Å². The minimum atomic E-state index is -4.81. The van der Waals surface area contributed by atoms with Crippen LogP contribution in [0.5, 0.6) is 5.75 Å². The van der Waals surface area contributed by atoms with Crippen molar-refractivity contribution >= 4 is 11.9 Å². The highest BCUT2D eigenvalue weighted by molar-refractivity contribution is 5.84. The summed E-state index contributed by atoms with van der Waals surface area (Å²) in [5.74, 6) is -4.93.